The van der Waals surface area contributed by atoms with E-state index in [1.165, 1.54) is 83.5 Å². The predicted molar refractivity (Wildman–Crippen MR) is 279 cm³/mol. The number of nitrogens with two attached hydrogens (primary N) is 1. The Morgan fingerprint density at radius 2 is 0.833 bits per heavy atom. The van der Waals surface area contributed by atoms with E-state index in [0.29, 0.717) is 6.42 Å². The van der Waals surface area contributed by atoms with Gasteiger partial charge in [-0.05, 0) is 77.0 Å². The van der Waals surface area contributed by atoms with E-state index in [1.807, 2.05) is 0 Å². The second-order valence-corrected chi connectivity index (χ2v) is 18.5. The summed E-state index contributed by atoms with van der Waals surface area (Å²) in [6.07, 6.45) is 67.5. The molecule has 0 saturated heterocycles. The van der Waals surface area contributed by atoms with Crippen molar-refractivity contribution < 1.29 is 37.6 Å². The standard InChI is InChI=1S/C56H96NO8P/c1-3-5-7-9-11-13-15-16-17-18-19-20-21-22-23-24-25-26-27-28-29-30-31-32-33-34-35-36-37-38-39-41-43-45-47-49-56(59)65-54(53-64-66(60,61)63-51-50-57)52-62-55(58)48-46-44-42-40-14-12-10-8-6-4-2/h5,7,11,13,16-17,19-20,22-23,25-26,28-29,31-32,54H,3-4,6,8-10,12,14-15,18,21,24,27,30,33-53,57H2,1-2H3,(H,60,61)/b7-5-,13-11-,17-16-,20-19-,23-22-,26-25-,29-28-,32-31-. The van der Waals surface area contributed by atoms with Gasteiger partial charge in [0.15, 0.2) is 6.10 Å². The van der Waals surface area contributed by atoms with Crippen molar-refractivity contribution >= 4 is 19.8 Å². The molecule has 2 atom stereocenters. The summed E-state index contributed by atoms with van der Waals surface area (Å²) in [5.74, 6) is -0.837. The topological polar surface area (TPSA) is 134 Å². The lowest BCUT2D eigenvalue weighted by Crippen LogP contribution is -2.29. The Kier molecular flexibility index (Phi) is 48.9. The van der Waals surface area contributed by atoms with Crippen LogP contribution in [-0.4, -0.2) is 49.3 Å². The van der Waals surface area contributed by atoms with Crippen molar-refractivity contribution in [1.82, 2.24) is 0 Å². The van der Waals surface area contributed by atoms with Gasteiger partial charge >= 0.3 is 19.8 Å². The maximum atomic E-state index is 12.6. The zero-order chi connectivity index (χ0) is 48.1. The van der Waals surface area contributed by atoms with Gasteiger partial charge in [0.25, 0.3) is 0 Å². The number of phosphoric acid groups is 1. The summed E-state index contributed by atoms with van der Waals surface area (Å²) in [7, 11) is -4.38. The zero-order valence-electron chi connectivity index (χ0n) is 41.9. The quantitative estimate of drug-likeness (QED) is 0.0265. The second-order valence-electron chi connectivity index (χ2n) is 17.0. The molecule has 0 bridgehead atoms. The second kappa shape index (κ2) is 51.3. The van der Waals surface area contributed by atoms with Crippen LogP contribution in [0, 0.1) is 0 Å². The SMILES string of the molecule is CC/C=C\C/C=C\C/C=C\C/C=C\C/C=C\C/C=C\C/C=C\C/C=C\CCCCCCCCCCCCC(=O)OC(COC(=O)CCCCCCCCCCCC)COP(=O)(O)OCCN. The minimum atomic E-state index is -4.38. The summed E-state index contributed by atoms with van der Waals surface area (Å²) >= 11 is 0. The third-order valence-corrected chi connectivity index (χ3v) is 11.7. The zero-order valence-corrected chi connectivity index (χ0v) is 42.8. The molecule has 10 heteroatoms. The third-order valence-electron chi connectivity index (χ3n) is 10.7. The Hall–Kier alpha value is -3.07. The molecule has 0 radical (unpaired) electrons. The average molecular weight is 942 g/mol. The largest absolute Gasteiger partial charge is 0.472 e. The lowest BCUT2D eigenvalue weighted by molar-refractivity contribution is -0.161. The van der Waals surface area contributed by atoms with Crippen molar-refractivity contribution in [2.75, 3.05) is 26.4 Å². The fraction of sp³-hybridized carbons (Fsp3) is 0.679. The highest BCUT2D eigenvalue weighted by Crippen LogP contribution is 2.43. The van der Waals surface area contributed by atoms with E-state index in [0.717, 1.165) is 96.3 Å². The van der Waals surface area contributed by atoms with Gasteiger partial charge in [0.1, 0.15) is 6.61 Å². The van der Waals surface area contributed by atoms with Crippen molar-refractivity contribution in [2.24, 2.45) is 5.73 Å². The maximum Gasteiger partial charge on any atom is 0.472 e. The summed E-state index contributed by atoms with van der Waals surface area (Å²) in [6.45, 7) is 3.59. The number of rotatable bonds is 48. The molecule has 0 aromatic carbocycles. The smallest absolute Gasteiger partial charge is 0.462 e. The molecule has 0 aromatic heterocycles. The number of hydrogen-bond acceptors (Lipinski definition) is 8. The maximum absolute atomic E-state index is 12.6. The van der Waals surface area contributed by atoms with Crippen LogP contribution in [0.4, 0.5) is 0 Å². The number of unbranched alkanes of at least 4 members (excludes halogenated alkanes) is 19. The van der Waals surface area contributed by atoms with Crippen LogP contribution >= 0.6 is 7.82 Å². The van der Waals surface area contributed by atoms with Gasteiger partial charge in [-0.25, -0.2) is 4.57 Å². The Balaban J connectivity index is 3.95. The number of hydrogen-bond donors (Lipinski definition) is 2. The van der Waals surface area contributed by atoms with E-state index in [9.17, 15) is 19.0 Å². The van der Waals surface area contributed by atoms with Crippen molar-refractivity contribution in [1.29, 1.82) is 0 Å². The van der Waals surface area contributed by atoms with E-state index in [4.69, 9.17) is 24.3 Å². The molecule has 0 aliphatic heterocycles. The van der Waals surface area contributed by atoms with E-state index in [-0.39, 0.29) is 38.6 Å². The Morgan fingerprint density at radius 1 is 0.470 bits per heavy atom. The molecule has 0 aliphatic carbocycles. The number of carbonyl (C=O) groups excluding carboxylic acids is 2. The molecular formula is C56H96NO8P. The lowest BCUT2D eigenvalue weighted by Gasteiger charge is -2.19. The fourth-order valence-electron chi connectivity index (χ4n) is 6.89. The molecule has 0 aliphatic rings. The molecule has 0 heterocycles. The fourth-order valence-corrected chi connectivity index (χ4v) is 7.65. The van der Waals surface area contributed by atoms with Gasteiger partial charge in [-0.1, -0.05) is 220 Å². The summed E-state index contributed by atoms with van der Waals surface area (Å²) in [6, 6.07) is 0. The summed E-state index contributed by atoms with van der Waals surface area (Å²) in [4.78, 5) is 34.9. The number of ether oxygens (including phenoxy) is 2. The van der Waals surface area contributed by atoms with Crippen molar-refractivity contribution in [2.45, 2.75) is 219 Å². The first-order valence-electron chi connectivity index (χ1n) is 26.2. The molecule has 0 rings (SSSR count). The van der Waals surface area contributed by atoms with E-state index in [1.54, 1.807) is 0 Å². The molecule has 66 heavy (non-hydrogen) atoms. The van der Waals surface area contributed by atoms with Crippen molar-refractivity contribution in [3.63, 3.8) is 0 Å². The van der Waals surface area contributed by atoms with E-state index in [2.05, 4.69) is 111 Å². The molecule has 9 nitrogen and oxygen atoms in total. The minimum absolute atomic E-state index is 0.0497. The van der Waals surface area contributed by atoms with Crippen LogP contribution in [0.3, 0.4) is 0 Å². The van der Waals surface area contributed by atoms with Gasteiger partial charge in [-0.3, -0.25) is 18.6 Å². The Bertz CT molecular complexity index is 1400. The summed E-state index contributed by atoms with van der Waals surface area (Å²) in [5.41, 5.74) is 5.36. The number of carbonyl (C=O) groups is 2. The van der Waals surface area contributed by atoms with Gasteiger partial charge in [-0.15, -0.1) is 0 Å². The van der Waals surface area contributed by atoms with Crippen molar-refractivity contribution in [3.8, 4) is 0 Å². The molecule has 0 saturated carbocycles. The molecular weight excluding hydrogens is 846 g/mol. The molecule has 378 valence electrons. The normalized spacial score (nSPS) is 13.9. The number of esters is 2. The molecule has 0 amide bonds. The van der Waals surface area contributed by atoms with Crippen molar-refractivity contribution in [3.05, 3.63) is 97.2 Å². The molecule has 0 aromatic rings. The van der Waals surface area contributed by atoms with Gasteiger partial charge in [-0.2, -0.15) is 0 Å². The van der Waals surface area contributed by atoms with E-state index < -0.39 is 26.5 Å². The highest BCUT2D eigenvalue weighted by Gasteiger charge is 2.26. The lowest BCUT2D eigenvalue weighted by atomic mass is 10.0. The average Bonchev–Trinajstić information content (AvgIpc) is 3.31. The number of allylic oxidation sites excluding steroid dienone is 16. The van der Waals surface area contributed by atoms with Gasteiger partial charge in [0.05, 0.1) is 13.2 Å². The van der Waals surface area contributed by atoms with Gasteiger partial charge < -0.3 is 20.1 Å². The van der Waals surface area contributed by atoms with Crippen LogP contribution in [0.5, 0.6) is 0 Å². The van der Waals surface area contributed by atoms with Crippen LogP contribution in [0.1, 0.15) is 213 Å². The highest BCUT2D eigenvalue weighted by molar-refractivity contribution is 7.47. The van der Waals surface area contributed by atoms with E-state index >= 15 is 0 Å². The monoisotopic (exact) mass is 942 g/mol. The Morgan fingerprint density at radius 3 is 1.24 bits per heavy atom. The molecule has 0 fully saturated rings. The third kappa shape index (κ3) is 50.3. The van der Waals surface area contributed by atoms with Crippen LogP contribution in [-0.2, 0) is 32.7 Å². The summed E-state index contributed by atoms with van der Waals surface area (Å²) in [5, 5.41) is 0. The summed E-state index contributed by atoms with van der Waals surface area (Å²) < 4.78 is 32.8. The molecule has 2 unspecified atom stereocenters. The van der Waals surface area contributed by atoms with Gasteiger partial charge in [0, 0.05) is 19.4 Å². The first-order chi connectivity index (χ1) is 32.3. The predicted octanol–water partition coefficient (Wildman–Crippen LogP) is 16.1. The molecule has 3 N–H and O–H groups in total. The van der Waals surface area contributed by atoms with Crippen LogP contribution in [0.25, 0.3) is 0 Å². The minimum Gasteiger partial charge on any atom is -0.462 e. The first-order valence-corrected chi connectivity index (χ1v) is 27.7. The first kappa shape index (κ1) is 62.9. The van der Waals surface area contributed by atoms with Crippen LogP contribution in [0.2, 0.25) is 0 Å². The van der Waals surface area contributed by atoms with Crippen LogP contribution in [0.15, 0.2) is 97.2 Å². The van der Waals surface area contributed by atoms with Gasteiger partial charge in [0.2, 0.25) is 0 Å². The van der Waals surface area contributed by atoms with Crippen LogP contribution < -0.4 is 5.73 Å². The highest BCUT2D eigenvalue weighted by atomic mass is 31.2. The Labute approximate surface area is 404 Å². The number of phosphoric ester groups is 1. The molecule has 0 spiro atoms.